The predicted octanol–water partition coefficient (Wildman–Crippen LogP) is 2.64. The smallest absolute Gasteiger partial charge is 0.326 e. The summed E-state index contributed by atoms with van der Waals surface area (Å²) < 4.78 is 9.80. The fourth-order valence-electron chi connectivity index (χ4n) is 1.56. The highest BCUT2D eigenvalue weighted by molar-refractivity contribution is 5.03. The van der Waals surface area contributed by atoms with Crippen LogP contribution in [0.2, 0.25) is 0 Å². The lowest BCUT2D eigenvalue weighted by Crippen LogP contribution is -2.31. The van der Waals surface area contributed by atoms with Gasteiger partial charge in [0, 0.05) is 13.2 Å². The fourth-order valence-corrected chi connectivity index (χ4v) is 1.56. The molecule has 91 valence electrons. The second-order valence-electron chi connectivity index (χ2n) is 4.74. The Balaban J connectivity index is 4.63. The number of rotatable bonds is 6. The molecule has 0 amide bonds. The molecule has 0 fully saturated rings. The molecule has 0 aromatic carbocycles. The molecule has 1 radical (unpaired) electrons. The lowest BCUT2D eigenvalue weighted by Gasteiger charge is -2.31. The molecule has 0 aromatic heterocycles. The van der Waals surface area contributed by atoms with E-state index in [0.717, 1.165) is 0 Å². The first-order valence-corrected chi connectivity index (χ1v) is 5.16. The molecule has 4 heteroatoms. The van der Waals surface area contributed by atoms with Gasteiger partial charge in [0.05, 0.1) is 24.2 Å². The van der Waals surface area contributed by atoms with Crippen molar-refractivity contribution in [1.82, 2.24) is 0 Å². The predicted molar refractivity (Wildman–Crippen MR) is 59.8 cm³/mol. The average molecular weight is 226 g/mol. The van der Waals surface area contributed by atoms with Crippen molar-refractivity contribution in [2.45, 2.75) is 39.2 Å². The Hall–Kier alpha value is -1.21. The van der Waals surface area contributed by atoms with Crippen LogP contribution in [0.3, 0.4) is 0 Å². The van der Waals surface area contributed by atoms with Crippen LogP contribution >= 0.6 is 0 Å². The van der Waals surface area contributed by atoms with Gasteiger partial charge in [0.1, 0.15) is 0 Å². The number of ether oxygens (including phenoxy) is 2. The zero-order valence-electron chi connectivity index (χ0n) is 10.7. The highest BCUT2D eigenvalue weighted by Crippen LogP contribution is 2.33. The van der Waals surface area contributed by atoms with Crippen LogP contribution in [0.15, 0.2) is 12.0 Å². The zero-order chi connectivity index (χ0) is 12.8. The summed E-state index contributed by atoms with van der Waals surface area (Å²) in [6, 6.07) is 2.23. The highest BCUT2D eigenvalue weighted by Gasteiger charge is 2.32. The van der Waals surface area contributed by atoms with Gasteiger partial charge >= 0.3 is 5.95 Å². The second-order valence-corrected chi connectivity index (χ2v) is 4.74. The largest absolute Gasteiger partial charge is 0.466 e. The Morgan fingerprint density at radius 3 is 2.31 bits per heavy atom. The van der Waals surface area contributed by atoms with E-state index in [4.69, 9.17) is 10.00 Å². The van der Waals surface area contributed by atoms with E-state index in [1.165, 1.54) is 13.2 Å². The molecule has 0 aromatic rings. The first-order valence-electron chi connectivity index (χ1n) is 5.16. The van der Waals surface area contributed by atoms with Gasteiger partial charge in [0.25, 0.3) is 0 Å². The van der Waals surface area contributed by atoms with Crippen molar-refractivity contribution >= 4 is 0 Å². The fraction of sp³-hybridized carbons (Fsp3) is 0.750. The summed E-state index contributed by atoms with van der Waals surface area (Å²) in [5.41, 5.74) is -0.998. The maximum Gasteiger partial charge on any atom is 0.326 e. The van der Waals surface area contributed by atoms with Gasteiger partial charge in [-0.3, -0.25) is 0 Å². The summed E-state index contributed by atoms with van der Waals surface area (Å²) in [4.78, 5) is 0. The van der Waals surface area contributed by atoms with Gasteiger partial charge in [-0.1, -0.05) is 0 Å². The van der Waals surface area contributed by atoms with Crippen molar-refractivity contribution < 1.29 is 14.6 Å². The summed E-state index contributed by atoms with van der Waals surface area (Å²) in [6.07, 6.45) is 2.32. The lowest BCUT2D eigenvalue weighted by molar-refractivity contribution is -0.00635. The van der Waals surface area contributed by atoms with Gasteiger partial charge in [-0.2, -0.15) is 5.26 Å². The normalized spacial score (nSPS) is 16.4. The molecule has 0 bridgehead atoms. The Labute approximate surface area is 97.5 Å². The quantitative estimate of drug-likeness (QED) is 0.654. The monoisotopic (exact) mass is 226 g/mol. The minimum Gasteiger partial charge on any atom is -0.466 e. The number of nitrogens with zero attached hydrogens (tertiary/aromatic N) is 1. The molecule has 4 nitrogen and oxygen atoms in total. The van der Waals surface area contributed by atoms with Gasteiger partial charge in [0.2, 0.25) is 0 Å². The molecule has 0 aliphatic rings. The molecule has 0 heterocycles. The number of methoxy groups -OCH3 is 2. The maximum atomic E-state index is 11.0. The maximum absolute atomic E-state index is 11.0. The van der Waals surface area contributed by atoms with E-state index in [-0.39, 0.29) is 5.60 Å². The second kappa shape index (κ2) is 5.76. The van der Waals surface area contributed by atoms with E-state index in [9.17, 15) is 5.11 Å². The topological polar surface area (TPSA) is 62.2 Å². The summed E-state index contributed by atoms with van der Waals surface area (Å²) in [7, 11) is 2.93. The SMILES string of the molecule is COC([O])=CCC(C)(C#N)CC(C)(C)OC. The molecule has 0 aliphatic heterocycles. The number of allylic oxidation sites excluding steroid dienone is 1. The lowest BCUT2D eigenvalue weighted by atomic mass is 9.78. The minimum absolute atomic E-state index is 0.364. The van der Waals surface area contributed by atoms with Crippen molar-refractivity contribution in [2.75, 3.05) is 14.2 Å². The van der Waals surface area contributed by atoms with Gasteiger partial charge in [0.15, 0.2) is 0 Å². The Bertz CT molecular complexity index is 291. The Morgan fingerprint density at radius 1 is 1.38 bits per heavy atom. The van der Waals surface area contributed by atoms with Gasteiger partial charge < -0.3 is 9.47 Å². The summed E-state index contributed by atoms with van der Waals surface area (Å²) in [6.45, 7) is 5.65. The molecule has 1 unspecified atom stereocenters. The molecular weight excluding hydrogens is 206 g/mol. The third kappa shape index (κ3) is 5.04. The molecule has 0 N–H and O–H groups in total. The zero-order valence-corrected chi connectivity index (χ0v) is 10.7. The van der Waals surface area contributed by atoms with Crippen LogP contribution in [0.4, 0.5) is 0 Å². The van der Waals surface area contributed by atoms with Crippen molar-refractivity contribution in [1.29, 1.82) is 5.26 Å². The van der Waals surface area contributed by atoms with Crippen molar-refractivity contribution in [2.24, 2.45) is 5.41 Å². The van der Waals surface area contributed by atoms with Crippen LogP contribution in [0.25, 0.3) is 0 Å². The molecule has 0 saturated carbocycles. The highest BCUT2D eigenvalue weighted by atomic mass is 16.6. The summed E-state index contributed by atoms with van der Waals surface area (Å²) >= 11 is 0. The number of hydrogen-bond donors (Lipinski definition) is 0. The van der Waals surface area contributed by atoms with E-state index in [1.807, 2.05) is 20.8 Å². The average Bonchev–Trinajstić information content (AvgIpc) is 2.25. The molecule has 1 atom stereocenters. The van der Waals surface area contributed by atoms with E-state index in [1.54, 1.807) is 7.11 Å². The number of hydrogen-bond acceptors (Lipinski definition) is 3. The minimum atomic E-state index is -0.617. The van der Waals surface area contributed by atoms with Crippen LogP contribution in [0.5, 0.6) is 0 Å². The van der Waals surface area contributed by atoms with Crippen molar-refractivity contribution in [3.05, 3.63) is 12.0 Å². The van der Waals surface area contributed by atoms with E-state index < -0.39 is 11.4 Å². The van der Waals surface area contributed by atoms with Crippen LogP contribution in [0, 0.1) is 16.7 Å². The molecular formula is C12H20NO3. The molecule has 0 saturated heterocycles. The summed E-state index contributed by atoms with van der Waals surface area (Å²) in [5.74, 6) is -0.406. The van der Waals surface area contributed by atoms with Gasteiger partial charge in [-0.15, -0.1) is 0 Å². The van der Waals surface area contributed by atoms with Crippen LogP contribution in [-0.2, 0) is 14.6 Å². The molecule has 0 aliphatic carbocycles. The third-order valence-corrected chi connectivity index (χ3v) is 2.56. The first-order chi connectivity index (χ1) is 7.28. The Kier molecular flexibility index (Phi) is 5.32. The molecule has 0 rings (SSSR count). The van der Waals surface area contributed by atoms with Crippen LogP contribution in [0.1, 0.15) is 33.6 Å². The van der Waals surface area contributed by atoms with Crippen molar-refractivity contribution in [3.8, 4) is 6.07 Å². The van der Waals surface area contributed by atoms with E-state index in [0.29, 0.717) is 12.8 Å². The van der Waals surface area contributed by atoms with Gasteiger partial charge in [-0.05, 0) is 33.6 Å². The standard InChI is InChI=1S/C12H20NO3/c1-11(2,16-5)8-12(3,9-13)7-6-10(14)15-4/h6H,7-8H2,1-5H3. The number of nitriles is 1. The third-order valence-electron chi connectivity index (χ3n) is 2.56. The molecule has 16 heavy (non-hydrogen) atoms. The van der Waals surface area contributed by atoms with Crippen molar-refractivity contribution in [3.63, 3.8) is 0 Å². The van der Waals surface area contributed by atoms with E-state index in [2.05, 4.69) is 10.8 Å². The first kappa shape index (κ1) is 14.8. The molecule has 0 spiro atoms. The van der Waals surface area contributed by atoms with E-state index >= 15 is 0 Å². The Morgan fingerprint density at radius 2 is 1.94 bits per heavy atom. The van der Waals surface area contributed by atoms with Crippen LogP contribution < -0.4 is 0 Å². The van der Waals surface area contributed by atoms with Crippen LogP contribution in [-0.4, -0.2) is 19.8 Å². The summed E-state index contributed by atoms with van der Waals surface area (Å²) in [5, 5.41) is 20.1. The van der Waals surface area contributed by atoms with Gasteiger partial charge in [-0.25, -0.2) is 5.11 Å².